The molecule has 26 heavy (non-hydrogen) atoms. The number of benzene rings is 2. The second kappa shape index (κ2) is 6.11. The molecule has 0 saturated heterocycles. The van der Waals surface area contributed by atoms with Crippen LogP contribution in [0.3, 0.4) is 0 Å². The summed E-state index contributed by atoms with van der Waals surface area (Å²) in [4.78, 5) is 10.9. The lowest BCUT2D eigenvalue weighted by Gasteiger charge is -2.20. The monoisotopic (exact) mass is 371 g/mol. The third kappa shape index (κ3) is 3.02. The zero-order valence-corrected chi connectivity index (χ0v) is 14.8. The van der Waals surface area contributed by atoms with E-state index in [2.05, 4.69) is 19.6 Å². The summed E-state index contributed by atoms with van der Waals surface area (Å²) in [5.41, 5.74) is 3.26. The summed E-state index contributed by atoms with van der Waals surface area (Å²) in [5, 5.41) is 5.96. The molecule has 2 aromatic carbocycles. The molecule has 0 fully saturated rings. The SMILES string of the molecule is COc1ccc2c(N3CCc4cc(NS(N)(=O)=O)ccc43)ncnc2c1. The quantitative estimate of drug-likeness (QED) is 0.725. The summed E-state index contributed by atoms with van der Waals surface area (Å²) in [6, 6.07) is 11.0. The minimum Gasteiger partial charge on any atom is -0.497 e. The van der Waals surface area contributed by atoms with E-state index in [0.717, 1.165) is 46.7 Å². The highest BCUT2D eigenvalue weighted by Crippen LogP contribution is 2.38. The summed E-state index contributed by atoms with van der Waals surface area (Å²) in [6.07, 6.45) is 2.31. The zero-order valence-electron chi connectivity index (χ0n) is 14.0. The summed E-state index contributed by atoms with van der Waals surface area (Å²) < 4.78 is 30.0. The molecule has 0 atom stereocenters. The molecule has 134 valence electrons. The highest BCUT2D eigenvalue weighted by atomic mass is 32.2. The van der Waals surface area contributed by atoms with Gasteiger partial charge in [-0.1, -0.05) is 0 Å². The van der Waals surface area contributed by atoms with Crippen molar-refractivity contribution in [3.05, 3.63) is 48.3 Å². The number of nitrogens with two attached hydrogens (primary N) is 1. The van der Waals surface area contributed by atoms with Gasteiger partial charge >= 0.3 is 0 Å². The Kier molecular flexibility index (Phi) is 3.89. The molecule has 2 heterocycles. The van der Waals surface area contributed by atoms with Gasteiger partial charge in [-0.3, -0.25) is 4.72 Å². The number of methoxy groups -OCH3 is 1. The minimum absolute atomic E-state index is 0.449. The van der Waals surface area contributed by atoms with Crippen molar-refractivity contribution in [2.24, 2.45) is 5.14 Å². The van der Waals surface area contributed by atoms with Gasteiger partial charge < -0.3 is 9.64 Å². The number of nitrogens with zero attached hydrogens (tertiary/aromatic N) is 3. The van der Waals surface area contributed by atoms with Crippen molar-refractivity contribution in [2.45, 2.75) is 6.42 Å². The fourth-order valence-electron chi connectivity index (χ4n) is 3.21. The van der Waals surface area contributed by atoms with Crippen molar-refractivity contribution in [3.63, 3.8) is 0 Å². The number of ether oxygens (including phenoxy) is 1. The van der Waals surface area contributed by atoms with E-state index in [0.29, 0.717) is 5.69 Å². The lowest BCUT2D eigenvalue weighted by Crippen LogP contribution is -2.21. The maximum absolute atomic E-state index is 11.2. The van der Waals surface area contributed by atoms with E-state index < -0.39 is 10.2 Å². The Balaban J connectivity index is 1.75. The highest BCUT2D eigenvalue weighted by molar-refractivity contribution is 7.90. The topological polar surface area (TPSA) is 110 Å². The van der Waals surface area contributed by atoms with E-state index in [1.165, 1.54) is 6.33 Å². The standard InChI is InChI=1S/C17H17N5O3S/c1-25-13-3-4-14-15(9-13)19-10-20-17(14)22-7-6-11-8-12(2-5-16(11)22)21-26(18,23)24/h2-5,8-10,21H,6-7H2,1H3,(H2,18,23,24). The van der Waals surface area contributed by atoms with Gasteiger partial charge in [0.2, 0.25) is 0 Å². The average Bonchev–Trinajstić information content (AvgIpc) is 3.02. The summed E-state index contributed by atoms with van der Waals surface area (Å²) in [6.45, 7) is 0.742. The Morgan fingerprint density at radius 3 is 2.81 bits per heavy atom. The molecule has 0 aliphatic carbocycles. The van der Waals surface area contributed by atoms with Crippen LogP contribution in [0, 0.1) is 0 Å². The van der Waals surface area contributed by atoms with Crippen molar-refractivity contribution >= 4 is 38.3 Å². The first kappa shape index (κ1) is 16.6. The van der Waals surface area contributed by atoms with Crippen LogP contribution in [-0.2, 0) is 16.6 Å². The molecular formula is C17H17N5O3S. The van der Waals surface area contributed by atoms with Gasteiger partial charge in [0, 0.05) is 23.7 Å². The first-order valence-electron chi connectivity index (χ1n) is 7.94. The first-order valence-corrected chi connectivity index (χ1v) is 9.49. The zero-order chi connectivity index (χ0) is 18.3. The normalized spacial score (nSPS) is 13.7. The minimum atomic E-state index is -3.79. The molecule has 9 heteroatoms. The smallest absolute Gasteiger partial charge is 0.296 e. The first-order chi connectivity index (χ1) is 12.4. The van der Waals surface area contributed by atoms with Gasteiger partial charge in [-0.25, -0.2) is 15.1 Å². The van der Waals surface area contributed by atoms with Crippen LogP contribution in [0.5, 0.6) is 5.75 Å². The highest BCUT2D eigenvalue weighted by Gasteiger charge is 2.24. The molecule has 0 saturated carbocycles. The maximum Gasteiger partial charge on any atom is 0.296 e. The average molecular weight is 371 g/mol. The molecule has 1 aliphatic heterocycles. The van der Waals surface area contributed by atoms with Crippen LogP contribution in [0.1, 0.15) is 5.56 Å². The molecule has 8 nitrogen and oxygen atoms in total. The number of hydrogen-bond acceptors (Lipinski definition) is 6. The van der Waals surface area contributed by atoms with Crippen molar-refractivity contribution in [1.82, 2.24) is 9.97 Å². The number of aromatic nitrogens is 2. The molecule has 0 radical (unpaired) electrons. The van der Waals surface area contributed by atoms with E-state index in [9.17, 15) is 8.42 Å². The van der Waals surface area contributed by atoms with Gasteiger partial charge in [0.05, 0.1) is 18.3 Å². The van der Waals surface area contributed by atoms with Crippen molar-refractivity contribution < 1.29 is 13.2 Å². The Morgan fingerprint density at radius 2 is 2.04 bits per heavy atom. The third-order valence-electron chi connectivity index (χ3n) is 4.31. The predicted molar refractivity (Wildman–Crippen MR) is 100.0 cm³/mol. The summed E-state index contributed by atoms with van der Waals surface area (Å²) in [5.74, 6) is 1.55. The van der Waals surface area contributed by atoms with Crippen LogP contribution in [0.4, 0.5) is 17.2 Å². The Hall–Kier alpha value is -2.91. The number of anilines is 3. The van der Waals surface area contributed by atoms with Crippen LogP contribution in [0.15, 0.2) is 42.7 Å². The number of nitrogens with one attached hydrogen (secondary N) is 1. The Labute approximate surface area is 150 Å². The van der Waals surface area contributed by atoms with Gasteiger partial charge in [0.15, 0.2) is 0 Å². The Morgan fingerprint density at radius 1 is 1.19 bits per heavy atom. The number of fused-ring (bicyclic) bond motifs is 2. The second-order valence-corrected chi connectivity index (χ2v) is 7.27. The third-order valence-corrected chi connectivity index (χ3v) is 4.83. The van der Waals surface area contributed by atoms with E-state index >= 15 is 0 Å². The van der Waals surface area contributed by atoms with Gasteiger partial charge in [0.1, 0.15) is 17.9 Å². The van der Waals surface area contributed by atoms with Gasteiger partial charge in [-0.15, -0.1) is 0 Å². The Bertz CT molecular complexity index is 1100. The van der Waals surface area contributed by atoms with Crippen molar-refractivity contribution in [2.75, 3.05) is 23.3 Å². The maximum atomic E-state index is 11.2. The summed E-state index contributed by atoms with van der Waals surface area (Å²) >= 11 is 0. The molecule has 3 N–H and O–H groups in total. The second-order valence-electron chi connectivity index (χ2n) is 5.97. The van der Waals surface area contributed by atoms with E-state index in [1.807, 2.05) is 24.3 Å². The molecule has 4 rings (SSSR count). The molecule has 0 unspecified atom stereocenters. The fourth-order valence-corrected chi connectivity index (χ4v) is 3.67. The number of rotatable bonds is 4. The molecule has 1 aromatic heterocycles. The van der Waals surface area contributed by atoms with Gasteiger partial charge in [0.25, 0.3) is 10.2 Å². The lowest BCUT2D eigenvalue weighted by molar-refractivity contribution is 0.415. The predicted octanol–water partition coefficient (Wildman–Crippen LogP) is 1.95. The van der Waals surface area contributed by atoms with E-state index in [1.54, 1.807) is 19.2 Å². The fraction of sp³-hybridized carbons (Fsp3) is 0.176. The molecule has 1 aliphatic rings. The van der Waals surface area contributed by atoms with Crippen LogP contribution >= 0.6 is 0 Å². The molecule has 3 aromatic rings. The van der Waals surface area contributed by atoms with E-state index in [-0.39, 0.29) is 0 Å². The largest absolute Gasteiger partial charge is 0.497 e. The van der Waals surface area contributed by atoms with Crippen molar-refractivity contribution in [1.29, 1.82) is 0 Å². The van der Waals surface area contributed by atoms with Crippen molar-refractivity contribution in [3.8, 4) is 5.75 Å². The van der Waals surface area contributed by atoms with Crippen LogP contribution < -0.4 is 19.5 Å². The number of hydrogen-bond donors (Lipinski definition) is 2. The molecule has 0 bridgehead atoms. The molecule has 0 amide bonds. The molecule has 0 spiro atoms. The van der Waals surface area contributed by atoms with Gasteiger partial charge in [-0.2, -0.15) is 8.42 Å². The lowest BCUT2D eigenvalue weighted by atomic mass is 10.1. The molecular weight excluding hydrogens is 354 g/mol. The van der Waals surface area contributed by atoms with Crippen LogP contribution in [0.2, 0.25) is 0 Å². The van der Waals surface area contributed by atoms with Crippen LogP contribution in [0.25, 0.3) is 10.9 Å². The summed E-state index contributed by atoms with van der Waals surface area (Å²) in [7, 11) is -2.17. The van der Waals surface area contributed by atoms with Crippen LogP contribution in [-0.4, -0.2) is 32.0 Å². The van der Waals surface area contributed by atoms with Gasteiger partial charge in [-0.05, 0) is 42.3 Å². The van der Waals surface area contributed by atoms with E-state index in [4.69, 9.17) is 9.88 Å².